The molecule has 7 nitrogen and oxygen atoms in total. The number of ether oxygens (including phenoxy) is 1. The largest absolute Gasteiger partial charge is 0.444 e. The molecule has 1 aromatic rings. The number of amides is 2. The van der Waals surface area contributed by atoms with Crippen molar-refractivity contribution < 1.29 is 14.3 Å². The Balaban J connectivity index is 1.91. The van der Waals surface area contributed by atoms with Gasteiger partial charge in [0, 0.05) is 32.1 Å². The molecular formula is C17H24N4O3. The molecule has 2 aliphatic rings. The van der Waals surface area contributed by atoms with Gasteiger partial charge in [-0.15, -0.1) is 0 Å². The molecule has 1 aromatic heterocycles. The zero-order valence-electron chi connectivity index (χ0n) is 14.8. The third-order valence-corrected chi connectivity index (χ3v) is 4.14. The topological polar surface area (TPSA) is 67.7 Å². The van der Waals surface area contributed by atoms with Gasteiger partial charge in [0.1, 0.15) is 11.3 Å². The third-order valence-electron chi connectivity index (χ3n) is 4.14. The molecule has 2 aliphatic heterocycles. The third kappa shape index (κ3) is 3.02. The van der Waals surface area contributed by atoms with Crippen molar-refractivity contribution in [1.29, 1.82) is 0 Å². The minimum absolute atomic E-state index is 0.0755. The quantitative estimate of drug-likeness (QED) is 0.680. The van der Waals surface area contributed by atoms with E-state index in [4.69, 9.17) is 4.74 Å². The van der Waals surface area contributed by atoms with Crippen molar-refractivity contribution in [2.24, 2.45) is 0 Å². The van der Waals surface area contributed by atoms with Crippen LogP contribution in [0.3, 0.4) is 0 Å². The van der Waals surface area contributed by atoms with E-state index in [0.717, 1.165) is 16.8 Å². The Morgan fingerprint density at radius 1 is 1.25 bits per heavy atom. The van der Waals surface area contributed by atoms with Gasteiger partial charge < -0.3 is 14.5 Å². The van der Waals surface area contributed by atoms with E-state index in [1.165, 1.54) is 0 Å². The fourth-order valence-corrected chi connectivity index (χ4v) is 3.11. The zero-order chi connectivity index (χ0) is 17.6. The van der Waals surface area contributed by atoms with Crippen molar-refractivity contribution in [3.63, 3.8) is 0 Å². The highest BCUT2D eigenvalue weighted by atomic mass is 16.6. The van der Waals surface area contributed by atoms with Crippen LogP contribution in [0.15, 0.2) is 12.2 Å². The summed E-state index contributed by atoms with van der Waals surface area (Å²) in [5.74, 6) is -0.0755. The lowest BCUT2D eigenvalue weighted by molar-refractivity contribution is 0.0222. The van der Waals surface area contributed by atoms with Gasteiger partial charge in [-0.3, -0.25) is 9.48 Å². The monoisotopic (exact) mass is 332 g/mol. The van der Waals surface area contributed by atoms with E-state index in [1.54, 1.807) is 21.5 Å². The Morgan fingerprint density at radius 3 is 2.62 bits per heavy atom. The molecule has 0 saturated carbocycles. The predicted molar refractivity (Wildman–Crippen MR) is 88.7 cm³/mol. The number of nitrogens with zero attached hydrogens (tertiary/aromatic N) is 4. The molecule has 130 valence electrons. The van der Waals surface area contributed by atoms with E-state index in [-0.39, 0.29) is 12.0 Å². The maximum atomic E-state index is 12.7. The molecule has 0 spiro atoms. The number of fused-ring (bicyclic) bond motifs is 3. The summed E-state index contributed by atoms with van der Waals surface area (Å²) in [7, 11) is 1.76. The van der Waals surface area contributed by atoms with Crippen LogP contribution >= 0.6 is 0 Å². The number of aromatic nitrogens is 2. The molecule has 7 heteroatoms. The summed E-state index contributed by atoms with van der Waals surface area (Å²) >= 11 is 0. The van der Waals surface area contributed by atoms with Gasteiger partial charge in [0.25, 0.3) is 5.91 Å². The van der Waals surface area contributed by atoms with Crippen molar-refractivity contribution in [2.45, 2.75) is 45.9 Å². The molecule has 0 N–H and O–H groups in total. The Labute approximate surface area is 141 Å². The summed E-state index contributed by atoms with van der Waals surface area (Å²) in [6.45, 7) is 11.5. The second-order valence-corrected chi connectivity index (χ2v) is 7.49. The predicted octanol–water partition coefficient (Wildman–Crippen LogP) is 1.82. The average molecular weight is 332 g/mol. The summed E-state index contributed by atoms with van der Waals surface area (Å²) in [4.78, 5) is 28.3. The summed E-state index contributed by atoms with van der Waals surface area (Å²) < 4.78 is 7.19. The number of carbonyl (C=O) groups is 2. The first-order valence-electron chi connectivity index (χ1n) is 8.14. The molecule has 24 heavy (non-hydrogen) atoms. The van der Waals surface area contributed by atoms with Crippen LogP contribution in [-0.2, 0) is 24.2 Å². The molecule has 0 atom stereocenters. The number of rotatable bonds is 0. The summed E-state index contributed by atoms with van der Waals surface area (Å²) in [5.41, 5.74) is 2.69. The number of hydrogen-bond acceptors (Lipinski definition) is 4. The van der Waals surface area contributed by atoms with Crippen LogP contribution in [0.4, 0.5) is 4.79 Å². The lowest BCUT2D eigenvalue weighted by Crippen LogP contribution is -2.40. The average Bonchev–Trinajstić information content (AvgIpc) is 2.75. The standard InChI is InChI=1S/C17H24N4O3/c1-11-8-19(5)15(22)14-12-10-20(16(23)24-17(2,3)4)7-6-13(12)18-21(14)9-11/h1,6-10H2,2-5H3. The van der Waals surface area contributed by atoms with Gasteiger partial charge in [-0.2, -0.15) is 5.10 Å². The van der Waals surface area contributed by atoms with Gasteiger partial charge in [0.15, 0.2) is 0 Å². The minimum Gasteiger partial charge on any atom is -0.444 e. The molecule has 2 amide bonds. The van der Waals surface area contributed by atoms with Crippen LogP contribution in [0.2, 0.25) is 0 Å². The molecule has 0 aromatic carbocycles. The van der Waals surface area contributed by atoms with E-state index in [0.29, 0.717) is 38.3 Å². The van der Waals surface area contributed by atoms with Gasteiger partial charge in [0.05, 0.1) is 18.8 Å². The van der Waals surface area contributed by atoms with Crippen LogP contribution in [-0.4, -0.2) is 57.3 Å². The first kappa shape index (κ1) is 16.5. The molecular weight excluding hydrogens is 308 g/mol. The normalized spacial score (nSPS) is 18.2. The molecule has 3 rings (SSSR count). The van der Waals surface area contributed by atoms with Gasteiger partial charge >= 0.3 is 6.09 Å². The van der Waals surface area contributed by atoms with Crippen molar-refractivity contribution >= 4 is 12.0 Å². The lowest BCUT2D eigenvalue weighted by Gasteiger charge is -2.30. The van der Waals surface area contributed by atoms with Crippen LogP contribution in [0, 0.1) is 0 Å². The van der Waals surface area contributed by atoms with Crippen molar-refractivity contribution in [3.05, 3.63) is 29.1 Å². The Morgan fingerprint density at radius 2 is 1.96 bits per heavy atom. The van der Waals surface area contributed by atoms with Gasteiger partial charge in [-0.1, -0.05) is 6.58 Å². The van der Waals surface area contributed by atoms with Crippen LogP contribution in [0.1, 0.15) is 42.5 Å². The number of likely N-dealkylation sites (N-methyl/N-ethyl adjacent to an activating group) is 1. The Kier molecular flexibility index (Phi) is 3.89. The Hall–Kier alpha value is -2.31. The van der Waals surface area contributed by atoms with Gasteiger partial charge in [0.2, 0.25) is 0 Å². The zero-order valence-corrected chi connectivity index (χ0v) is 14.8. The van der Waals surface area contributed by atoms with E-state index in [9.17, 15) is 9.59 Å². The molecule has 3 heterocycles. The highest BCUT2D eigenvalue weighted by Crippen LogP contribution is 2.27. The second-order valence-electron chi connectivity index (χ2n) is 7.49. The fourth-order valence-electron chi connectivity index (χ4n) is 3.11. The minimum atomic E-state index is -0.541. The summed E-state index contributed by atoms with van der Waals surface area (Å²) in [5, 5.41) is 4.58. The van der Waals surface area contributed by atoms with E-state index in [2.05, 4.69) is 11.7 Å². The first-order valence-corrected chi connectivity index (χ1v) is 8.14. The molecule has 0 unspecified atom stereocenters. The molecule has 0 fully saturated rings. The number of carbonyl (C=O) groups excluding carboxylic acids is 2. The van der Waals surface area contributed by atoms with Crippen molar-refractivity contribution in [2.75, 3.05) is 20.1 Å². The highest BCUT2D eigenvalue weighted by Gasteiger charge is 2.34. The van der Waals surface area contributed by atoms with E-state index < -0.39 is 5.60 Å². The summed E-state index contributed by atoms with van der Waals surface area (Å²) in [6.07, 6.45) is 0.268. The number of hydrogen-bond donors (Lipinski definition) is 0. The lowest BCUT2D eigenvalue weighted by atomic mass is 10.1. The van der Waals surface area contributed by atoms with Crippen LogP contribution < -0.4 is 0 Å². The molecule has 0 aliphatic carbocycles. The summed E-state index contributed by atoms with van der Waals surface area (Å²) in [6, 6.07) is 0. The van der Waals surface area contributed by atoms with E-state index in [1.807, 2.05) is 20.8 Å². The Bertz CT molecular complexity index is 714. The first-order chi connectivity index (χ1) is 11.2. The van der Waals surface area contributed by atoms with E-state index >= 15 is 0 Å². The smallest absolute Gasteiger partial charge is 0.410 e. The van der Waals surface area contributed by atoms with Gasteiger partial charge in [-0.05, 0) is 26.3 Å². The second kappa shape index (κ2) is 5.65. The highest BCUT2D eigenvalue weighted by molar-refractivity contribution is 5.95. The van der Waals surface area contributed by atoms with Crippen molar-refractivity contribution in [1.82, 2.24) is 19.6 Å². The maximum Gasteiger partial charge on any atom is 0.410 e. The fraction of sp³-hybridized carbons (Fsp3) is 0.588. The van der Waals surface area contributed by atoms with Crippen LogP contribution in [0.5, 0.6) is 0 Å². The molecule has 0 radical (unpaired) electrons. The maximum absolute atomic E-state index is 12.7. The van der Waals surface area contributed by atoms with Crippen molar-refractivity contribution in [3.8, 4) is 0 Å². The molecule has 0 bridgehead atoms. The molecule has 0 saturated heterocycles. The van der Waals surface area contributed by atoms with Gasteiger partial charge in [-0.25, -0.2) is 4.79 Å². The van der Waals surface area contributed by atoms with Crippen LogP contribution in [0.25, 0.3) is 0 Å². The SMILES string of the molecule is C=C1CN(C)C(=O)c2c3c(nn2C1)CCN(C(=O)OC(C)(C)C)C3.